The lowest BCUT2D eigenvalue weighted by molar-refractivity contribution is 0.0937. The molecule has 1 aliphatic rings. The van der Waals surface area contributed by atoms with Gasteiger partial charge in [0.25, 0.3) is 5.91 Å². The standard InChI is InChI=1S/C16H18N2OS/c1-10-15(20-11(2)17-10)16(19)18-14-8-7-12-5-3-4-6-13(12)9-14/h3-6,14H,7-9H2,1-2H3,(H,18,19). The Morgan fingerprint density at radius 2 is 2.05 bits per heavy atom. The Hall–Kier alpha value is -1.68. The summed E-state index contributed by atoms with van der Waals surface area (Å²) in [6, 6.07) is 8.74. The van der Waals surface area contributed by atoms with Crippen LogP contribution >= 0.6 is 11.3 Å². The van der Waals surface area contributed by atoms with Crippen LogP contribution in [0.1, 0.15) is 37.9 Å². The molecule has 1 aromatic heterocycles. The third-order valence-corrected chi connectivity index (χ3v) is 4.86. The number of nitrogens with one attached hydrogen (secondary N) is 1. The smallest absolute Gasteiger partial charge is 0.263 e. The van der Waals surface area contributed by atoms with Gasteiger partial charge in [0.15, 0.2) is 0 Å². The predicted octanol–water partition coefficient (Wildman–Crippen LogP) is 3.05. The van der Waals surface area contributed by atoms with Crippen molar-refractivity contribution in [1.29, 1.82) is 0 Å². The van der Waals surface area contributed by atoms with Gasteiger partial charge < -0.3 is 5.32 Å². The molecule has 20 heavy (non-hydrogen) atoms. The van der Waals surface area contributed by atoms with Crippen molar-refractivity contribution in [2.75, 3.05) is 0 Å². The summed E-state index contributed by atoms with van der Waals surface area (Å²) in [5, 5.41) is 4.11. The number of aromatic nitrogens is 1. The maximum atomic E-state index is 12.3. The van der Waals surface area contributed by atoms with Crippen LogP contribution in [0.25, 0.3) is 0 Å². The lowest BCUT2D eigenvalue weighted by Crippen LogP contribution is -2.38. The number of hydrogen-bond donors (Lipinski definition) is 1. The molecule has 2 aromatic rings. The Kier molecular flexibility index (Phi) is 3.57. The van der Waals surface area contributed by atoms with Crippen molar-refractivity contribution in [1.82, 2.24) is 10.3 Å². The summed E-state index contributed by atoms with van der Waals surface area (Å²) in [7, 11) is 0. The topological polar surface area (TPSA) is 42.0 Å². The van der Waals surface area contributed by atoms with Crippen LogP contribution in [0, 0.1) is 13.8 Å². The van der Waals surface area contributed by atoms with E-state index in [0.717, 1.165) is 34.8 Å². The molecule has 104 valence electrons. The first-order valence-corrected chi connectivity index (χ1v) is 7.77. The summed E-state index contributed by atoms with van der Waals surface area (Å²) in [6.45, 7) is 3.83. The van der Waals surface area contributed by atoms with Gasteiger partial charge in [-0.15, -0.1) is 11.3 Å². The number of fused-ring (bicyclic) bond motifs is 1. The van der Waals surface area contributed by atoms with Crippen molar-refractivity contribution in [3.8, 4) is 0 Å². The molecule has 1 N–H and O–H groups in total. The van der Waals surface area contributed by atoms with Crippen LogP contribution in [-0.2, 0) is 12.8 Å². The van der Waals surface area contributed by atoms with E-state index in [0.29, 0.717) is 0 Å². The van der Waals surface area contributed by atoms with Crippen LogP contribution in [0.4, 0.5) is 0 Å². The Morgan fingerprint density at radius 1 is 1.30 bits per heavy atom. The second kappa shape index (κ2) is 5.37. The van der Waals surface area contributed by atoms with Gasteiger partial charge in [-0.3, -0.25) is 4.79 Å². The SMILES string of the molecule is Cc1nc(C)c(C(=O)NC2CCc3ccccc3C2)s1. The molecule has 0 fully saturated rings. The molecule has 0 radical (unpaired) electrons. The number of carbonyl (C=O) groups is 1. The van der Waals surface area contributed by atoms with E-state index in [1.165, 1.54) is 22.5 Å². The molecule has 0 saturated carbocycles. The fraction of sp³-hybridized carbons (Fsp3) is 0.375. The molecular weight excluding hydrogens is 268 g/mol. The van der Waals surface area contributed by atoms with Gasteiger partial charge in [0.2, 0.25) is 0 Å². The zero-order valence-electron chi connectivity index (χ0n) is 11.8. The van der Waals surface area contributed by atoms with Crippen LogP contribution in [0.2, 0.25) is 0 Å². The zero-order valence-corrected chi connectivity index (χ0v) is 12.6. The summed E-state index contributed by atoms with van der Waals surface area (Å²) in [6.07, 6.45) is 2.99. The molecule has 0 bridgehead atoms. The van der Waals surface area contributed by atoms with Crippen LogP contribution in [0.15, 0.2) is 24.3 Å². The predicted molar refractivity (Wildman–Crippen MR) is 81.3 cm³/mol. The van der Waals surface area contributed by atoms with Gasteiger partial charge in [-0.2, -0.15) is 0 Å². The Balaban J connectivity index is 1.71. The summed E-state index contributed by atoms with van der Waals surface area (Å²) in [5.74, 6) is 0.0254. The summed E-state index contributed by atoms with van der Waals surface area (Å²) in [4.78, 5) is 17.4. The van der Waals surface area contributed by atoms with E-state index in [1.54, 1.807) is 0 Å². The normalized spacial score (nSPS) is 17.6. The van der Waals surface area contributed by atoms with Crippen LogP contribution in [-0.4, -0.2) is 16.9 Å². The summed E-state index contributed by atoms with van der Waals surface area (Å²) in [5.41, 5.74) is 3.62. The molecule has 1 aromatic carbocycles. The molecule has 3 rings (SSSR count). The number of rotatable bonds is 2. The number of benzene rings is 1. The first-order chi connectivity index (χ1) is 9.63. The van der Waals surface area contributed by atoms with E-state index in [4.69, 9.17) is 0 Å². The molecule has 1 amide bonds. The molecule has 1 atom stereocenters. The minimum absolute atomic E-state index is 0.0254. The Labute approximate surface area is 123 Å². The van der Waals surface area contributed by atoms with Crippen LogP contribution in [0.5, 0.6) is 0 Å². The first-order valence-electron chi connectivity index (χ1n) is 6.95. The fourth-order valence-electron chi connectivity index (χ4n) is 2.81. The highest BCUT2D eigenvalue weighted by molar-refractivity contribution is 7.13. The van der Waals surface area contributed by atoms with Gasteiger partial charge in [0.1, 0.15) is 4.88 Å². The van der Waals surface area contributed by atoms with Crippen molar-refractivity contribution in [3.63, 3.8) is 0 Å². The second-order valence-corrected chi connectivity index (χ2v) is 6.53. The molecule has 1 heterocycles. The van der Waals surface area contributed by atoms with Crippen molar-refractivity contribution >= 4 is 17.2 Å². The number of nitrogens with zero attached hydrogens (tertiary/aromatic N) is 1. The van der Waals surface area contributed by atoms with E-state index in [1.807, 2.05) is 13.8 Å². The molecule has 1 unspecified atom stereocenters. The van der Waals surface area contributed by atoms with E-state index in [2.05, 4.69) is 34.6 Å². The number of amides is 1. The van der Waals surface area contributed by atoms with Gasteiger partial charge in [0.05, 0.1) is 10.7 Å². The molecule has 0 aliphatic heterocycles. The quantitative estimate of drug-likeness (QED) is 0.922. The largest absolute Gasteiger partial charge is 0.348 e. The lowest BCUT2D eigenvalue weighted by atomic mass is 9.88. The molecule has 3 nitrogen and oxygen atoms in total. The fourth-order valence-corrected chi connectivity index (χ4v) is 3.64. The molecular formula is C16H18N2OS. The van der Waals surface area contributed by atoms with Gasteiger partial charge in [-0.25, -0.2) is 4.98 Å². The van der Waals surface area contributed by atoms with Crippen molar-refractivity contribution in [3.05, 3.63) is 51.0 Å². The first kappa shape index (κ1) is 13.3. The van der Waals surface area contributed by atoms with Crippen molar-refractivity contribution < 1.29 is 4.79 Å². The third kappa shape index (κ3) is 2.61. The Morgan fingerprint density at radius 3 is 2.75 bits per heavy atom. The molecule has 0 saturated heterocycles. The highest BCUT2D eigenvalue weighted by Crippen LogP contribution is 2.22. The summed E-state index contributed by atoms with van der Waals surface area (Å²) < 4.78 is 0. The monoisotopic (exact) mass is 286 g/mol. The van der Waals surface area contributed by atoms with Gasteiger partial charge in [-0.05, 0) is 44.2 Å². The maximum absolute atomic E-state index is 12.3. The van der Waals surface area contributed by atoms with Crippen LogP contribution in [0.3, 0.4) is 0 Å². The minimum atomic E-state index is 0.0254. The second-order valence-electron chi connectivity index (χ2n) is 5.33. The van der Waals surface area contributed by atoms with E-state index in [9.17, 15) is 4.79 Å². The lowest BCUT2D eigenvalue weighted by Gasteiger charge is -2.25. The Bertz CT molecular complexity index is 648. The van der Waals surface area contributed by atoms with Crippen LogP contribution < -0.4 is 5.32 Å². The van der Waals surface area contributed by atoms with E-state index >= 15 is 0 Å². The van der Waals surface area contributed by atoms with Gasteiger partial charge in [-0.1, -0.05) is 24.3 Å². The van der Waals surface area contributed by atoms with Crippen molar-refractivity contribution in [2.24, 2.45) is 0 Å². The van der Waals surface area contributed by atoms with Gasteiger partial charge in [0, 0.05) is 6.04 Å². The van der Waals surface area contributed by atoms with E-state index < -0.39 is 0 Å². The maximum Gasteiger partial charge on any atom is 0.263 e. The highest BCUT2D eigenvalue weighted by Gasteiger charge is 2.22. The number of carbonyl (C=O) groups excluding carboxylic acids is 1. The highest BCUT2D eigenvalue weighted by atomic mass is 32.1. The van der Waals surface area contributed by atoms with Crippen molar-refractivity contribution in [2.45, 2.75) is 39.2 Å². The molecule has 4 heteroatoms. The van der Waals surface area contributed by atoms with E-state index in [-0.39, 0.29) is 11.9 Å². The molecule has 0 spiro atoms. The number of thiazole rings is 1. The zero-order chi connectivity index (χ0) is 14.1. The average molecular weight is 286 g/mol. The number of aryl methyl sites for hydroxylation is 3. The summed E-state index contributed by atoms with van der Waals surface area (Å²) >= 11 is 1.47. The number of hydrogen-bond acceptors (Lipinski definition) is 3. The average Bonchev–Trinajstić information content (AvgIpc) is 2.78. The third-order valence-electron chi connectivity index (χ3n) is 3.79. The molecule has 1 aliphatic carbocycles. The van der Waals surface area contributed by atoms with Gasteiger partial charge >= 0.3 is 0 Å². The minimum Gasteiger partial charge on any atom is -0.348 e.